The third kappa shape index (κ3) is 2.89. The number of likely N-dealkylation sites (tertiary alicyclic amines) is 1. The molecule has 0 bridgehead atoms. The minimum Gasteiger partial charge on any atom is -0.325 e. The molecule has 1 atom stereocenters. The molecule has 1 aromatic heterocycles. The van der Waals surface area contributed by atoms with Crippen molar-refractivity contribution in [2.75, 3.05) is 36.4 Å². The molecule has 7 heteroatoms. The summed E-state index contributed by atoms with van der Waals surface area (Å²) in [4.78, 5) is 22.0. The minimum atomic E-state index is -0.328. The molecule has 148 valence electrons. The number of benzene rings is 1. The van der Waals surface area contributed by atoms with Gasteiger partial charge < -0.3 is 19.6 Å². The summed E-state index contributed by atoms with van der Waals surface area (Å²) >= 11 is 0. The number of amides is 1. The first-order chi connectivity index (χ1) is 13.7. The van der Waals surface area contributed by atoms with Crippen LogP contribution >= 0.6 is 0 Å². The Morgan fingerprint density at radius 2 is 1.96 bits per heavy atom. The fourth-order valence-electron chi connectivity index (χ4n) is 5.19. The summed E-state index contributed by atoms with van der Waals surface area (Å²) < 4.78 is 5.36. The van der Waals surface area contributed by atoms with Gasteiger partial charge in [0, 0.05) is 24.8 Å². The maximum atomic E-state index is 12.8. The van der Waals surface area contributed by atoms with Crippen LogP contribution in [0.5, 0.6) is 0 Å². The van der Waals surface area contributed by atoms with E-state index in [0.29, 0.717) is 17.9 Å². The highest BCUT2D eigenvalue weighted by Crippen LogP contribution is 2.45. The van der Waals surface area contributed by atoms with Crippen LogP contribution in [0.1, 0.15) is 43.5 Å². The Morgan fingerprint density at radius 3 is 2.75 bits per heavy atom. The zero-order chi connectivity index (χ0) is 19.1. The molecule has 1 aromatic carbocycles. The monoisotopic (exact) mass is 381 g/mol. The second-order valence-electron chi connectivity index (χ2n) is 8.31. The van der Waals surface area contributed by atoms with E-state index in [2.05, 4.69) is 31.3 Å². The van der Waals surface area contributed by atoms with Crippen LogP contribution in [-0.2, 0) is 10.2 Å². The molecule has 0 radical (unpaired) electrons. The van der Waals surface area contributed by atoms with Gasteiger partial charge in [0.2, 0.25) is 5.91 Å². The van der Waals surface area contributed by atoms with Crippen molar-refractivity contribution in [2.45, 2.75) is 50.5 Å². The molecule has 2 fully saturated rings. The van der Waals surface area contributed by atoms with Crippen LogP contribution in [-0.4, -0.2) is 53.2 Å². The van der Waals surface area contributed by atoms with Gasteiger partial charge in [0.1, 0.15) is 0 Å². The smallest absolute Gasteiger partial charge is 0.324 e. The van der Waals surface area contributed by atoms with Crippen molar-refractivity contribution in [3.05, 3.63) is 35.7 Å². The molecule has 3 aliphatic rings. The van der Waals surface area contributed by atoms with Gasteiger partial charge >= 0.3 is 6.01 Å². The topological polar surface area (TPSA) is 74.5 Å². The standard InChI is InChI=1S/C21H27N5O2/c1-15-22-20(28-24-15)26-11-4-5-16(8-12-26)25-13-9-21(10-14-25)17-6-2-3-7-18(17)23-19(21)27/h2-3,6-7,16H,4-5,8-14H2,1H3,(H,23,27). The molecule has 28 heavy (non-hydrogen) atoms. The molecule has 2 aromatic rings. The number of nitrogens with zero attached hydrogens (tertiary/aromatic N) is 4. The van der Waals surface area contributed by atoms with E-state index in [9.17, 15) is 4.79 Å². The fourth-order valence-corrected chi connectivity index (χ4v) is 5.19. The Kier molecular flexibility index (Phi) is 4.34. The Hall–Kier alpha value is -2.41. The third-order valence-electron chi connectivity index (χ3n) is 6.78. The van der Waals surface area contributed by atoms with Crippen molar-refractivity contribution in [1.29, 1.82) is 0 Å². The van der Waals surface area contributed by atoms with E-state index in [1.807, 2.05) is 25.1 Å². The van der Waals surface area contributed by atoms with Gasteiger partial charge in [0.25, 0.3) is 0 Å². The van der Waals surface area contributed by atoms with E-state index in [1.165, 1.54) is 12.0 Å². The molecule has 0 aliphatic carbocycles. The lowest BCUT2D eigenvalue weighted by molar-refractivity contribution is -0.122. The zero-order valence-electron chi connectivity index (χ0n) is 16.4. The van der Waals surface area contributed by atoms with Crippen LogP contribution in [0.4, 0.5) is 11.7 Å². The second-order valence-corrected chi connectivity index (χ2v) is 8.31. The number of aryl methyl sites for hydroxylation is 1. The summed E-state index contributed by atoms with van der Waals surface area (Å²) in [5, 5.41) is 7.02. The summed E-state index contributed by atoms with van der Waals surface area (Å²) in [6, 6.07) is 9.40. The maximum Gasteiger partial charge on any atom is 0.324 e. The van der Waals surface area contributed by atoms with Gasteiger partial charge in [0.05, 0.1) is 5.41 Å². The first-order valence-electron chi connectivity index (χ1n) is 10.4. The molecule has 7 nitrogen and oxygen atoms in total. The predicted molar refractivity (Wildman–Crippen MR) is 106 cm³/mol. The summed E-state index contributed by atoms with van der Waals surface area (Å²) in [6.07, 6.45) is 5.20. The van der Waals surface area contributed by atoms with E-state index < -0.39 is 0 Å². The molecular formula is C21H27N5O2. The molecule has 1 spiro atoms. The summed E-state index contributed by atoms with van der Waals surface area (Å²) in [5.74, 6) is 0.874. The first kappa shape index (κ1) is 17.7. The van der Waals surface area contributed by atoms with Crippen molar-refractivity contribution < 1.29 is 9.32 Å². The number of anilines is 2. The Morgan fingerprint density at radius 1 is 1.14 bits per heavy atom. The highest BCUT2D eigenvalue weighted by Gasteiger charge is 2.48. The number of piperidine rings is 1. The number of fused-ring (bicyclic) bond motifs is 2. The molecule has 5 rings (SSSR count). The van der Waals surface area contributed by atoms with E-state index >= 15 is 0 Å². The third-order valence-corrected chi connectivity index (χ3v) is 6.78. The van der Waals surface area contributed by atoms with E-state index in [4.69, 9.17) is 4.52 Å². The first-order valence-corrected chi connectivity index (χ1v) is 10.4. The van der Waals surface area contributed by atoms with Gasteiger partial charge in [-0.2, -0.15) is 4.98 Å². The van der Waals surface area contributed by atoms with E-state index in [-0.39, 0.29) is 11.3 Å². The van der Waals surface area contributed by atoms with Gasteiger partial charge in [-0.05, 0) is 63.7 Å². The van der Waals surface area contributed by atoms with Crippen molar-refractivity contribution in [3.8, 4) is 0 Å². The largest absolute Gasteiger partial charge is 0.325 e. The lowest BCUT2D eigenvalue weighted by atomic mass is 9.73. The van der Waals surface area contributed by atoms with Crippen LogP contribution in [0.3, 0.4) is 0 Å². The average molecular weight is 381 g/mol. The summed E-state index contributed by atoms with van der Waals surface area (Å²) in [6.45, 7) is 5.72. The molecule has 1 unspecified atom stereocenters. The highest BCUT2D eigenvalue weighted by molar-refractivity contribution is 6.06. The number of para-hydroxylation sites is 1. The molecule has 3 aliphatic heterocycles. The molecule has 0 saturated carbocycles. The van der Waals surface area contributed by atoms with Gasteiger partial charge in [-0.1, -0.05) is 23.4 Å². The minimum absolute atomic E-state index is 0.187. The highest BCUT2D eigenvalue weighted by atomic mass is 16.5. The number of hydrogen-bond acceptors (Lipinski definition) is 6. The second kappa shape index (κ2) is 6.88. The summed E-state index contributed by atoms with van der Waals surface area (Å²) in [5.41, 5.74) is 1.87. The van der Waals surface area contributed by atoms with Crippen molar-refractivity contribution in [1.82, 2.24) is 15.0 Å². The SMILES string of the molecule is Cc1noc(N2CCCC(N3CCC4(CC3)C(=O)Nc3ccccc34)CC2)n1. The van der Waals surface area contributed by atoms with E-state index in [0.717, 1.165) is 57.5 Å². The molecule has 1 amide bonds. The Labute approximate surface area is 165 Å². The number of aromatic nitrogens is 2. The normalized spacial score (nSPS) is 24.8. The van der Waals surface area contributed by atoms with Crippen LogP contribution in [0.25, 0.3) is 0 Å². The molecular weight excluding hydrogens is 354 g/mol. The number of rotatable bonds is 2. The van der Waals surface area contributed by atoms with Crippen LogP contribution in [0.2, 0.25) is 0 Å². The van der Waals surface area contributed by atoms with Gasteiger partial charge in [-0.25, -0.2) is 0 Å². The average Bonchev–Trinajstić information content (AvgIpc) is 3.14. The number of hydrogen-bond donors (Lipinski definition) is 1. The van der Waals surface area contributed by atoms with Crippen LogP contribution in [0.15, 0.2) is 28.8 Å². The predicted octanol–water partition coefficient (Wildman–Crippen LogP) is 2.72. The van der Waals surface area contributed by atoms with Gasteiger partial charge in [-0.3, -0.25) is 4.79 Å². The fraction of sp³-hybridized carbons (Fsp3) is 0.571. The number of nitrogens with one attached hydrogen (secondary N) is 1. The quantitative estimate of drug-likeness (QED) is 0.862. The van der Waals surface area contributed by atoms with Crippen molar-refractivity contribution in [3.63, 3.8) is 0 Å². The number of carbonyl (C=O) groups excluding carboxylic acids is 1. The number of carbonyl (C=O) groups is 1. The van der Waals surface area contributed by atoms with Crippen molar-refractivity contribution >= 4 is 17.6 Å². The molecule has 2 saturated heterocycles. The molecule has 4 heterocycles. The lowest BCUT2D eigenvalue weighted by Gasteiger charge is -2.41. The zero-order valence-corrected chi connectivity index (χ0v) is 16.4. The van der Waals surface area contributed by atoms with Crippen molar-refractivity contribution in [2.24, 2.45) is 0 Å². The Balaban J connectivity index is 1.24. The molecule has 1 N–H and O–H groups in total. The maximum absolute atomic E-state index is 12.8. The van der Waals surface area contributed by atoms with Gasteiger partial charge in [0.15, 0.2) is 5.82 Å². The van der Waals surface area contributed by atoms with E-state index in [1.54, 1.807) is 0 Å². The van der Waals surface area contributed by atoms with Gasteiger partial charge in [-0.15, -0.1) is 0 Å². The van der Waals surface area contributed by atoms with Crippen LogP contribution in [0, 0.1) is 6.92 Å². The Bertz CT molecular complexity index is 871. The van der Waals surface area contributed by atoms with Crippen LogP contribution < -0.4 is 10.2 Å². The summed E-state index contributed by atoms with van der Waals surface area (Å²) in [7, 11) is 0. The lowest BCUT2D eigenvalue weighted by Crippen LogP contribution is -2.49.